The SMILES string of the molecule is CS(=O)(=O)N1CCCC(C(=O)Nc2nc(-c3ccccc3)c(-c3ccccc3)s2)C1. The van der Waals surface area contributed by atoms with Crippen LogP contribution in [0.25, 0.3) is 21.7 Å². The number of amides is 1. The first kappa shape index (κ1) is 20.7. The summed E-state index contributed by atoms with van der Waals surface area (Å²) in [5, 5.41) is 3.45. The molecule has 1 fully saturated rings. The van der Waals surface area contributed by atoms with E-state index in [1.54, 1.807) is 0 Å². The molecule has 156 valence electrons. The van der Waals surface area contributed by atoms with E-state index in [0.29, 0.717) is 24.5 Å². The first-order valence-electron chi connectivity index (χ1n) is 9.79. The number of carbonyl (C=O) groups excluding carboxylic acids is 1. The molecular weight excluding hydrogens is 418 g/mol. The molecule has 2 heterocycles. The smallest absolute Gasteiger partial charge is 0.230 e. The Morgan fingerprint density at radius 3 is 2.33 bits per heavy atom. The zero-order valence-electron chi connectivity index (χ0n) is 16.6. The van der Waals surface area contributed by atoms with Crippen molar-refractivity contribution >= 4 is 32.4 Å². The Morgan fingerprint density at radius 2 is 1.70 bits per heavy atom. The van der Waals surface area contributed by atoms with Crippen molar-refractivity contribution in [3.8, 4) is 21.7 Å². The van der Waals surface area contributed by atoms with E-state index in [1.165, 1.54) is 21.9 Å². The van der Waals surface area contributed by atoms with Crippen LogP contribution in [0.3, 0.4) is 0 Å². The topological polar surface area (TPSA) is 79.4 Å². The predicted molar refractivity (Wildman–Crippen MR) is 121 cm³/mol. The Balaban J connectivity index is 1.60. The summed E-state index contributed by atoms with van der Waals surface area (Å²) < 4.78 is 25.1. The first-order valence-corrected chi connectivity index (χ1v) is 12.5. The molecule has 1 aliphatic rings. The van der Waals surface area contributed by atoms with E-state index < -0.39 is 10.0 Å². The van der Waals surface area contributed by atoms with Crippen molar-refractivity contribution in [2.75, 3.05) is 24.7 Å². The van der Waals surface area contributed by atoms with Crippen LogP contribution in [0.2, 0.25) is 0 Å². The van der Waals surface area contributed by atoms with Crippen molar-refractivity contribution in [2.24, 2.45) is 5.92 Å². The number of sulfonamides is 1. The lowest BCUT2D eigenvalue weighted by Gasteiger charge is -2.29. The van der Waals surface area contributed by atoms with E-state index in [-0.39, 0.29) is 18.4 Å². The first-order chi connectivity index (χ1) is 14.4. The summed E-state index contributed by atoms with van der Waals surface area (Å²) >= 11 is 1.43. The number of aromatic nitrogens is 1. The molecule has 0 spiro atoms. The molecule has 4 rings (SSSR count). The van der Waals surface area contributed by atoms with Crippen LogP contribution in [0.1, 0.15) is 12.8 Å². The van der Waals surface area contributed by atoms with Crippen LogP contribution < -0.4 is 5.32 Å². The fourth-order valence-electron chi connectivity index (χ4n) is 3.62. The molecule has 3 aromatic rings. The van der Waals surface area contributed by atoms with Gasteiger partial charge in [-0.05, 0) is 18.4 Å². The normalized spacial score (nSPS) is 17.6. The summed E-state index contributed by atoms with van der Waals surface area (Å²) in [5.74, 6) is -0.561. The lowest BCUT2D eigenvalue weighted by molar-refractivity contribution is -0.120. The van der Waals surface area contributed by atoms with Crippen molar-refractivity contribution in [3.05, 3.63) is 60.7 Å². The van der Waals surface area contributed by atoms with Gasteiger partial charge < -0.3 is 5.32 Å². The molecule has 2 aromatic carbocycles. The lowest BCUT2D eigenvalue weighted by atomic mass is 9.99. The van der Waals surface area contributed by atoms with Crippen molar-refractivity contribution in [1.82, 2.24) is 9.29 Å². The van der Waals surface area contributed by atoms with Gasteiger partial charge in [0.2, 0.25) is 15.9 Å². The van der Waals surface area contributed by atoms with Crippen LogP contribution in [0.5, 0.6) is 0 Å². The van der Waals surface area contributed by atoms with E-state index in [1.807, 2.05) is 60.7 Å². The monoisotopic (exact) mass is 441 g/mol. The largest absolute Gasteiger partial charge is 0.302 e. The standard InChI is InChI=1S/C22H23N3O3S2/c1-30(27,28)25-14-8-13-18(15-25)21(26)24-22-23-19(16-9-4-2-5-10-16)20(29-22)17-11-6-3-7-12-17/h2-7,9-12,18H,8,13-15H2,1H3,(H,23,24,26). The molecule has 0 radical (unpaired) electrons. The molecule has 0 saturated carbocycles. The maximum atomic E-state index is 12.9. The molecular formula is C22H23N3O3S2. The van der Waals surface area contributed by atoms with Crippen LogP contribution in [0.4, 0.5) is 5.13 Å². The molecule has 1 N–H and O–H groups in total. The summed E-state index contributed by atoms with van der Waals surface area (Å²) in [6, 6.07) is 19.8. The predicted octanol–water partition coefficient (Wildman–Crippen LogP) is 4.09. The van der Waals surface area contributed by atoms with E-state index in [9.17, 15) is 13.2 Å². The van der Waals surface area contributed by atoms with Gasteiger partial charge in [0.05, 0.1) is 22.7 Å². The van der Waals surface area contributed by atoms with Crippen molar-refractivity contribution in [3.63, 3.8) is 0 Å². The number of hydrogen-bond acceptors (Lipinski definition) is 5. The second-order valence-corrected chi connectivity index (χ2v) is 10.4. The highest BCUT2D eigenvalue weighted by Crippen LogP contribution is 2.39. The molecule has 1 aromatic heterocycles. The van der Waals surface area contributed by atoms with E-state index >= 15 is 0 Å². The van der Waals surface area contributed by atoms with Crippen LogP contribution in [0, 0.1) is 5.92 Å². The summed E-state index contributed by atoms with van der Waals surface area (Å²) in [5.41, 5.74) is 2.84. The molecule has 8 heteroatoms. The van der Waals surface area contributed by atoms with Gasteiger partial charge in [-0.2, -0.15) is 0 Å². The Morgan fingerprint density at radius 1 is 1.07 bits per heavy atom. The number of hydrogen-bond donors (Lipinski definition) is 1. The maximum Gasteiger partial charge on any atom is 0.230 e. The number of anilines is 1. The number of carbonyl (C=O) groups is 1. The third kappa shape index (κ3) is 4.61. The van der Waals surface area contributed by atoms with Crippen LogP contribution >= 0.6 is 11.3 Å². The third-order valence-electron chi connectivity index (χ3n) is 5.16. The Hall–Kier alpha value is -2.55. The Bertz CT molecular complexity index is 1070. The zero-order chi connectivity index (χ0) is 21.1. The molecule has 1 unspecified atom stereocenters. The number of piperidine rings is 1. The summed E-state index contributed by atoms with van der Waals surface area (Å²) in [4.78, 5) is 18.6. The molecule has 0 bridgehead atoms. The maximum absolute atomic E-state index is 12.9. The molecule has 6 nitrogen and oxygen atoms in total. The number of thiazole rings is 1. The van der Waals surface area contributed by atoms with Crippen LogP contribution in [-0.2, 0) is 14.8 Å². The average Bonchev–Trinajstić information content (AvgIpc) is 3.18. The number of rotatable bonds is 5. The second-order valence-electron chi connectivity index (χ2n) is 7.38. The zero-order valence-corrected chi connectivity index (χ0v) is 18.2. The average molecular weight is 442 g/mol. The molecule has 0 aliphatic carbocycles. The highest BCUT2D eigenvalue weighted by molar-refractivity contribution is 7.88. The lowest BCUT2D eigenvalue weighted by Crippen LogP contribution is -2.43. The molecule has 1 saturated heterocycles. The minimum Gasteiger partial charge on any atom is -0.302 e. The summed E-state index contributed by atoms with van der Waals surface area (Å²) in [6.07, 6.45) is 2.53. The molecule has 30 heavy (non-hydrogen) atoms. The van der Waals surface area contributed by atoms with E-state index in [0.717, 1.165) is 21.7 Å². The molecule has 1 atom stereocenters. The van der Waals surface area contributed by atoms with Gasteiger partial charge in [0, 0.05) is 18.7 Å². The molecule has 1 aliphatic heterocycles. The summed E-state index contributed by atoms with van der Waals surface area (Å²) in [7, 11) is -3.30. The fraction of sp³-hybridized carbons (Fsp3) is 0.273. The Labute approximate surface area is 180 Å². The van der Waals surface area contributed by atoms with Gasteiger partial charge >= 0.3 is 0 Å². The van der Waals surface area contributed by atoms with Crippen LogP contribution in [-0.4, -0.2) is 43.0 Å². The summed E-state index contributed by atoms with van der Waals surface area (Å²) in [6.45, 7) is 0.684. The van der Waals surface area contributed by atoms with E-state index in [4.69, 9.17) is 4.98 Å². The quantitative estimate of drug-likeness (QED) is 0.647. The second kappa shape index (κ2) is 8.67. The van der Waals surface area contributed by atoms with Crippen molar-refractivity contribution in [2.45, 2.75) is 12.8 Å². The third-order valence-corrected chi connectivity index (χ3v) is 7.45. The van der Waals surface area contributed by atoms with Gasteiger partial charge in [0.15, 0.2) is 5.13 Å². The van der Waals surface area contributed by atoms with Gasteiger partial charge in [-0.1, -0.05) is 72.0 Å². The van der Waals surface area contributed by atoms with Gasteiger partial charge in [-0.3, -0.25) is 4.79 Å². The number of nitrogens with zero attached hydrogens (tertiary/aromatic N) is 2. The number of benzene rings is 2. The highest BCUT2D eigenvalue weighted by Gasteiger charge is 2.30. The van der Waals surface area contributed by atoms with E-state index in [2.05, 4.69) is 5.32 Å². The minimum atomic E-state index is -3.30. The van der Waals surface area contributed by atoms with Crippen molar-refractivity contribution in [1.29, 1.82) is 0 Å². The van der Waals surface area contributed by atoms with Gasteiger partial charge in [0.1, 0.15) is 0 Å². The number of nitrogens with one attached hydrogen (secondary N) is 1. The molecule has 1 amide bonds. The fourth-order valence-corrected chi connectivity index (χ4v) is 5.52. The Kier molecular flexibility index (Phi) is 5.99. The van der Waals surface area contributed by atoms with Gasteiger partial charge in [0.25, 0.3) is 0 Å². The van der Waals surface area contributed by atoms with Crippen molar-refractivity contribution < 1.29 is 13.2 Å². The highest BCUT2D eigenvalue weighted by atomic mass is 32.2. The van der Waals surface area contributed by atoms with Crippen LogP contribution in [0.15, 0.2) is 60.7 Å². The van der Waals surface area contributed by atoms with Gasteiger partial charge in [-0.15, -0.1) is 0 Å². The minimum absolute atomic E-state index is 0.184. The van der Waals surface area contributed by atoms with Gasteiger partial charge in [-0.25, -0.2) is 17.7 Å².